The van der Waals surface area contributed by atoms with Gasteiger partial charge in [0, 0.05) is 25.5 Å². The van der Waals surface area contributed by atoms with Crippen LogP contribution in [0.1, 0.15) is 35.2 Å². The van der Waals surface area contributed by atoms with E-state index in [1.807, 2.05) is 12.1 Å². The first-order chi connectivity index (χ1) is 13.8. The van der Waals surface area contributed by atoms with Crippen molar-refractivity contribution in [3.05, 3.63) is 41.3 Å². The quantitative estimate of drug-likeness (QED) is 0.465. The zero-order valence-electron chi connectivity index (χ0n) is 16.1. The minimum absolute atomic E-state index is 0.0177. The number of carbonyl (C=O) groups is 2. The van der Waals surface area contributed by atoms with Crippen LogP contribution in [-0.2, 0) is 27.5 Å². The molecule has 10 heteroatoms. The SMILES string of the molecule is CC(=O)NCCc1ccc(C(=O)CSc2nnc(CC3CCS(=O)(=O)C3)o2)cc1. The van der Waals surface area contributed by atoms with E-state index in [9.17, 15) is 18.0 Å². The average Bonchev–Trinajstić information content (AvgIpc) is 3.26. The average molecular weight is 438 g/mol. The number of Topliss-reactive ketones (excluding diaryl/α,β-unsaturated/α-hetero) is 1. The Bertz CT molecular complexity index is 970. The molecule has 0 saturated carbocycles. The summed E-state index contributed by atoms with van der Waals surface area (Å²) in [5, 5.41) is 10.9. The number of nitrogens with zero attached hydrogens (tertiary/aromatic N) is 2. The van der Waals surface area contributed by atoms with Gasteiger partial charge >= 0.3 is 0 Å². The molecule has 3 rings (SSSR count). The number of aromatic nitrogens is 2. The highest BCUT2D eigenvalue weighted by Gasteiger charge is 2.29. The fourth-order valence-corrected chi connectivity index (χ4v) is 5.65. The summed E-state index contributed by atoms with van der Waals surface area (Å²) in [6.45, 7) is 2.04. The van der Waals surface area contributed by atoms with E-state index in [1.54, 1.807) is 12.1 Å². The second kappa shape index (κ2) is 9.53. The van der Waals surface area contributed by atoms with Gasteiger partial charge in [0.15, 0.2) is 15.6 Å². The maximum Gasteiger partial charge on any atom is 0.277 e. The number of carbonyl (C=O) groups excluding carboxylic acids is 2. The topological polar surface area (TPSA) is 119 Å². The predicted molar refractivity (Wildman–Crippen MR) is 109 cm³/mol. The molecule has 1 atom stereocenters. The summed E-state index contributed by atoms with van der Waals surface area (Å²) in [4.78, 5) is 23.2. The molecule has 2 heterocycles. The van der Waals surface area contributed by atoms with Gasteiger partial charge in [0.2, 0.25) is 11.8 Å². The van der Waals surface area contributed by atoms with Crippen LogP contribution in [0.25, 0.3) is 0 Å². The van der Waals surface area contributed by atoms with Gasteiger partial charge in [-0.2, -0.15) is 0 Å². The maximum absolute atomic E-state index is 12.4. The molecule has 8 nitrogen and oxygen atoms in total. The summed E-state index contributed by atoms with van der Waals surface area (Å²) in [7, 11) is -2.93. The standard InChI is InChI=1S/C19H23N3O5S2/c1-13(23)20-8-6-14-2-4-16(5-3-14)17(24)11-28-19-22-21-18(27-19)10-15-7-9-29(25,26)12-15/h2-5,15H,6-12H2,1H3,(H,20,23). The van der Waals surface area contributed by atoms with E-state index in [1.165, 1.54) is 18.7 Å². The van der Waals surface area contributed by atoms with Crippen molar-refractivity contribution in [3.63, 3.8) is 0 Å². The lowest BCUT2D eigenvalue weighted by molar-refractivity contribution is -0.118. The first-order valence-electron chi connectivity index (χ1n) is 9.33. The normalized spacial score (nSPS) is 17.9. The van der Waals surface area contributed by atoms with Gasteiger partial charge in [-0.25, -0.2) is 8.42 Å². The number of rotatable bonds is 9. The zero-order valence-corrected chi connectivity index (χ0v) is 17.7. The van der Waals surface area contributed by atoms with Crippen molar-refractivity contribution in [3.8, 4) is 0 Å². The molecule has 2 aromatic rings. The van der Waals surface area contributed by atoms with Gasteiger partial charge in [0.1, 0.15) is 0 Å². The van der Waals surface area contributed by atoms with Crippen LogP contribution in [0, 0.1) is 5.92 Å². The van der Waals surface area contributed by atoms with Gasteiger partial charge in [0.25, 0.3) is 5.22 Å². The monoisotopic (exact) mass is 437 g/mol. The number of thioether (sulfide) groups is 1. The van der Waals surface area contributed by atoms with Crippen LogP contribution in [0.2, 0.25) is 0 Å². The van der Waals surface area contributed by atoms with Crippen molar-refractivity contribution >= 4 is 33.3 Å². The molecular weight excluding hydrogens is 414 g/mol. The van der Waals surface area contributed by atoms with Crippen LogP contribution in [-0.4, -0.2) is 54.1 Å². The molecule has 1 aromatic heterocycles. The van der Waals surface area contributed by atoms with Gasteiger partial charge in [-0.05, 0) is 24.3 Å². The van der Waals surface area contributed by atoms with Crippen LogP contribution in [0.5, 0.6) is 0 Å². The van der Waals surface area contributed by atoms with E-state index in [0.717, 1.165) is 5.56 Å². The lowest BCUT2D eigenvalue weighted by Gasteiger charge is -2.04. The van der Waals surface area contributed by atoms with E-state index in [-0.39, 0.29) is 34.9 Å². The Balaban J connectivity index is 1.46. The molecule has 1 aliphatic heterocycles. The third-order valence-electron chi connectivity index (χ3n) is 4.63. The largest absolute Gasteiger partial charge is 0.416 e. The Kier molecular flexibility index (Phi) is 7.07. The Labute approximate surface area is 173 Å². The molecule has 0 spiro atoms. The Hall–Kier alpha value is -2.20. The fraction of sp³-hybridized carbons (Fsp3) is 0.474. The van der Waals surface area contributed by atoms with E-state index < -0.39 is 9.84 Å². The molecule has 0 radical (unpaired) electrons. The van der Waals surface area contributed by atoms with Crippen LogP contribution in [0.15, 0.2) is 33.9 Å². The van der Waals surface area contributed by atoms with Crippen molar-refractivity contribution in [2.24, 2.45) is 5.92 Å². The van der Waals surface area contributed by atoms with Crippen molar-refractivity contribution in [1.29, 1.82) is 0 Å². The molecule has 29 heavy (non-hydrogen) atoms. The summed E-state index contributed by atoms with van der Waals surface area (Å²) in [5.74, 6) is 0.862. The molecule has 156 valence electrons. The van der Waals surface area contributed by atoms with Crippen molar-refractivity contribution < 1.29 is 22.4 Å². The van der Waals surface area contributed by atoms with Crippen LogP contribution in [0.4, 0.5) is 0 Å². The molecule has 1 unspecified atom stereocenters. The van der Waals surface area contributed by atoms with Crippen molar-refractivity contribution in [2.75, 3.05) is 23.8 Å². The van der Waals surface area contributed by atoms with Crippen molar-refractivity contribution in [2.45, 2.75) is 31.4 Å². The fourth-order valence-electron chi connectivity index (χ4n) is 3.11. The Morgan fingerprint density at radius 3 is 2.66 bits per heavy atom. The summed E-state index contributed by atoms with van der Waals surface area (Å²) in [6.07, 6.45) is 1.77. The summed E-state index contributed by atoms with van der Waals surface area (Å²) in [6, 6.07) is 7.29. The number of sulfone groups is 1. The number of amides is 1. The van der Waals surface area contributed by atoms with Crippen LogP contribution >= 0.6 is 11.8 Å². The van der Waals surface area contributed by atoms with E-state index >= 15 is 0 Å². The van der Waals surface area contributed by atoms with Gasteiger partial charge in [-0.3, -0.25) is 9.59 Å². The summed E-state index contributed by atoms with van der Waals surface area (Å²) < 4.78 is 28.6. The van der Waals surface area contributed by atoms with Crippen molar-refractivity contribution in [1.82, 2.24) is 15.5 Å². The Morgan fingerprint density at radius 2 is 2.00 bits per heavy atom. The summed E-state index contributed by atoms with van der Waals surface area (Å²) in [5.41, 5.74) is 1.63. The second-order valence-electron chi connectivity index (χ2n) is 7.08. The molecule has 1 aromatic carbocycles. The van der Waals surface area contributed by atoms with Gasteiger partial charge in [0.05, 0.1) is 17.3 Å². The first kappa shape index (κ1) is 21.5. The molecule has 0 bridgehead atoms. The highest BCUT2D eigenvalue weighted by molar-refractivity contribution is 7.99. The number of hydrogen-bond donors (Lipinski definition) is 1. The zero-order chi connectivity index (χ0) is 20.9. The van der Waals surface area contributed by atoms with Crippen LogP contribution < -0.4 is 5.32 Å². The molecule has 1 fully saturated rings. The molecular formula is C19H23N3O5S2. The lowest BCUT2D eigenvalue weighted by atomic mass is 10.1. The number of benzene rings is 1. The molecule has 1 amide bonds. The van der Waals surface area contributed by atoms with Crippen LogP contribution in [0.3, 0.4) is 0 Å². The van der Waals surface area contributed by atoms with E-state index in [0.29, 0.717) is 42.5 Å². The summed E-state index contributed by atoms with van der Waals surface area (Å²) >= 11 is 1.17. The first-order valence-corrected chi connectivity index (χ1v) is 12.1. The molecule has 1 aliphatic rings. The van der Waals surface area contributed by atoms with E-state index in [2.05, 4.69) is 15.5 Å². The van der Waals surface area contributed by atoms with Gasteiger partial charge in [-0.1, -0.05) is 36.0 Å². The van der Waals surface area contributed by atoms with E-state index in [4.69, 9.17) is 4.42 Å². The molecule has 1 saturated heterocycles. The lowest BCUT2D eigenvalue weighted by Crippen LogP contribution is -2.22. The number of hydrogen-bond acceptors (Lipinski definition) is 8. The molecule has 0 aliphatic carbocycles. The minimum Gasteiger partial charge on any atom is -0.416 e. The minimum atomic E-state index is -2.93. The Morgan fingerprint density at radius 1 is 1.24 bits per heavy atom. The predicted octanol–water partition coefficient (Wildman–Crippen LogP) is 1.70. The molecule has 1 N–H and O–H groups in total. The number of nitrogens with one attached hydrogen (secondary N) is 1. The maximum atomic E-state index is 12.4. The highest BCUT2D eigenvalue weighted by Crippen LogP contribution is 2.24. The van der Waals surface area contributed by atoms with Gasteiger partial charge in [-0.15, -0.1) is 10.2 Å². The highest BCUT2D eigenvalue weighted by atomic mass is 32.2. The van der Waals surface area contributed by atoms with Gasteiger partial charge < -0.3 is 9.73 Å². The third kappa shape index (κ3) is 6.67. The smallest absolute Gasteiger partial charge is 0.277 e. The third-order valence-corrected chi connectivity index (χ3v) is 7.28. The number of ketones is 1. The second-order valence-corrected chi connectivity index (χ2v) is 10.2.